The Morgan fingerprint density at radius 2 is 2.21 bits per heavy atom. The number of nitrogens with zero attached hydrogens (tertiary/aromatic N) is 1. The van der Waals surface area contributed by atoms with Gasteiger partial charge in [-0.05, 0) is 43.4 Å². The second-order valence-corrected chi connectivity index (χ2v) is 7.02. The highest BCUT2D eigenvalue weighted by atomic mass is 79.9. The lowest BCUT2D eigenvalue weighted by atomic mass is 10.0. The van der Waals surface area contributed by atoms with Gasteiger partial charge in [0, 0.05) is 47.8 Å². The minimum Gasteiger partial charge on any atom is -0.385 e. The van der Waals surface area contributed by atoms with Crippen LogP contribution in [0.4, 0.5) is 4.39 Å². The van der Waals surface area contributed by atoms with Crippen molar-refractivity contribution in [2.45, 2.75) is 19.8 Å². The molecular weight excluding hydrogens is 395 g/mol. The van der Waals surface area contributed by atoms with Crippen molar-refractivity contribution >= 4 is 33.1 Å². The van der Waals surface area contributed by atoms with E-state index in [9.17, 15) is 4.39 Å². The molecule has 0 aliphatic carbocycles. The van der Waals surface area contributed by atoms with Gasteiger partial charge >= 0.3 is 0 Å². The molecule has 3 nitrogen and oxygen atoms in total. The van der Waals surface area contributed by atoms with Crippen LogP contribution in [0.2, 0.25) is 5.02 Å². The van der Waals surface area contributed by atoms with Crippen molar-refractivity contribution in [1.82, 2.24) is 10.3 Å². The van der Waals surface area contributed by atoms with Crippen molar-refractivity contribution in [1.29, 1.82) is 0 Å². The molecule has 2 rings (SSSR count). The largest absolute Gasteiger partial charge is 0.385 e. The average molecular weight is 416 g/mol. The fourth-order valence-corrected chi connectivity index (χ4v) is 3.00. The molecule has 1 fully saturated rings. The van der Waals surface area contributed by atoms with Crippen LogP contribution in [0.15, 0.2) is 41.2 Å². The summed E-state index contributed by atoms with van der Waals surface area (Å²) in [4.78, 5) is 3.54. The first-order valence-corrected chi connectivity index (χ1v) is 9.01. The third-order valence-electron chi connectivity index (χ3n) is 3.97. The Labute approximate surface area is 155 Å². The van der Waals surface area contributed by atoms with Gasteiger partial charge < -0.3 is 10.1 Å². The zero-order chi connectivity index (χ0) is 17.5. The Morgan fingerprint density at radius 1 is 1.50 bits per heavy atom. The predicted molar refractivity (Wildman–Crippen MR) is 101 cm³/mol. The number of nitrogens with one attached hydrogen (secondary N) is 1. The summed E-state index contributed by atoms with van der Waals surface area (Å²) in [7, 11) is 0. The van der Waals surface area contributed by atoms with Crippen molar-refractivity contribution < 1.29 is 9.13 Å². The lowest BCUT2D eigenvalue weighted by Crippen LogP contribution is -2.26. The van der Waals surface area contributed by atoms with E-state index in [2.05, 4.69) is 32.8 Å². The first-order valence-electron chi connectivity index (χ1n) is 7.83. The zero-order valence-corrected chi connectivity index (χ0v) is 16.0. The zero-order valence-electron chi connectivity index (χ0n) is 13.6. The molecule has 0 aromatic carbocycles. The highest BCUT2D eigenvalue weighted by Crippen LogP contribution is 2.29. The van der Waals surface area contributed by atoms with Crippen LogP contribution in [0.1, 0.15) is 25.3 Å². The molecule has 1 N–H and O–H groups in total. The van der Waals surface area contributed by atoms with Gasteiger partial charge in [0.15, 0.2) is 0 Å². The van der Waals surface area contributed by atoms with E-state index in [1.165, 1.54) is 12.3 Å². The Kier molecular flexibility index (Phi) is 7.46. The quantitative estimate of drug-likeness (QED) is 0.519. The topological polar surface area (TPSA) is 34.2 Å². The molecule has 1 aromatic heterocycles. The molecule has 0 atom stereocenters. The van der Waals surface area contributed by atoms with Crippen molar-refractivity contribution in [2.24, 2.45) is 5.92 Å². The second-order valence-electron chi connectivity index (χ2n) is 5.76. The van der Waals surface area contributed by atoms with E-state index in [1.54, 1.807) is 0 Å². The Balaban J connectivity index is 1.95. The molecule has 6 heteroatoms. The Morgan fingerprint density at radius 3 is 2.92 bits per heavy atom. The number of hydrogen-bond donors (Lipinski definition) is 1. The number of allylic oxidation sites excluding steroid dienone is 4. The van der Waals surface area contributed by atoms with Gasteiger partial charge in [0.2, 0.25) is 5.95 Å². The van der Waals surface area contributed by atoms with Crippen LogP contribution in [-0.4, -0.2) is 24.7 Å². The molecule has 0 amide bonds. The van der Waals surface area contributed by atoms with Crippen LogP contribution in [-0.2, 0) is 4.74 Å². The number of rotatable bonds is 6. The van der Waals surface area contributed by atoms with E-state index in [0.717, 1.165) is 48.4 Å². The molecule has 0 spiro atoms. The summed E-state index contributed by atoms with van der Waals surface area (Å²) >= 11 is 9.59. The van der Waals surface area contributed by atoms with Crippen LogP contribution < -0.4 is 5.32 Å². The number of aromatic nitrogens is 1. The lowest BCUT2D eigenvalue weighted by molar-refractivity contribution is 0.0671. The molecule has 0 saturated carbocycles. The third-order valence-corrected chi connectivity index (χ3v) is 5.13. The summed E-state index contributed by atoms with van der Waals surface area (Å²) < 4.78 is 19.5. The number of ether oxygens (including phenoxy) is 1. The summed E-state index contributed by atoms with van der Waals surface area (Å²) in [5.74, 6) is 0.0730. The molecule has 1 aromatic rings. The predicted octanol–water partition coefficient (Wildman–Crippen LogP) is 5.09. The maximum Gasteiger partial charge on any atom is 0.213 e. The monoisotopic (exact) mass is 414 g/mol. The van der Waals surface area contributed by atoms with Gasteiger partial charge in [0.1, 0.15) is 0 Å². The summed E-state index contributed by atoms with van der Waals surface area (Å²) in [5.41, 5.74) is 2.27. The van der Waals surface area contributed by atoms with Gasteiger partial charge in [-0.25, -0.2) is 4.98 Å². The van der Waals surface area contributed by atoms with Gasteiger partial charge in [0.05, 0.1) is 5.02 Å². The van der Waals surface area contributed by atoms with Crippen LogP contribution in [0.5, 0.6) is 0 Å². The fourth-order valence-electron chi connectivity index (χ4n) is 2.41. The molecule has 0 bridgehead atoms. The maximum absolute atomic E-state index is 13.3. The van der Waals surface area contributed by atoms with E-state index in [4.69, 9.17) is 16.3 Å². The van der Waals surface area contributed by atoms with E-state index < -0.39 is 5.95 Å². The molecule has 0 radical (unpaired) electrons. The number of hydrogen-bond acceptors (Lipinski definition) is 3. The first kappa shape index (κ1) is 19.2. The summed E-state index contributed by atoms with van der Waals surface area (Å²) in [5, 5.41) is 3.74. The standard InChI is InChI=1S/C18H21BrClFN2O/c1-12(22-10-14-5-7-24-8-6-14)3-4-16(19)13(2)15-9-18(21)23-11-17(15)20/h3-4,9,11,14,22H,1,5-8,10H2,2H3/b4-3-,16-13-. The Hall–Kier alpha value is -1.17. The molecule has 0 unspecified atom stereocenters. The number of pyridine rings is 1. The summed E-state index contributed by atoms with van der Waals surface area (Å²) in [6.45, 7) is 8.45. The van der Waals surface area contributed by atoms with Crippen LogP contribution >= 0.6 is 27.5 Å². The summed E-state index contributed by atoms with van der Waals surface area (Å²) in [6.07, 6.45) is 7.24. The molecule has 1 aliphatic heterocycles. The maximum atomic E-state index is 13.3. The third kappa shape index (κ3) is 5.72. The summed E-state index contributed by atoms with van der Waals surface area (Å²) in [6, 6.07) is 1.32. The van der Waals surface area contributed by atoms with Crippen LogP contribution in [0.3, 0.4) is 0 Å². The van der Waals surface area contributed by atoms with Crippen LogP contribution in [0, 0.1) is 11.9 Å². The van der Waals surface area contributed by atoms with Gasteiger partial charge in [-0.15, -0.1) is 0 Å². The van der Waals surface area contributed by atoms with Gasteiger partial charge in [-0.1, -0.05) is 34.1 Å². The van der Waals surface area contributed by atoms with Gasteiger partial charge in [-0.2, -0.15) is 4.39 Å². The molecule has 1 aliphatic rings. The molecule has 24 heavy (non-hydrogen) atoms. The molecule has 1 saturated heterocycles. The fraction of sp³-hybridized carbons (Fsp3) is 0.389. The highest BCUT2D eigenvalue weighted by molar-refractivity contribution is 9.12. The SMILES string of the molecule is C=C(/C=C\C(Br)=C(/C)c1cc(F)ncc1Cl)NCC1CCOCC1. The van der Waals surface area contributed by atoms with Crippen molar-refractivity contribution in [3.05, 3.63) is 57.7 Å². The molecule has 130 valence electrons. The normalized spacial score (nSPS) is 17.0. The van der Waals surface area contributed by atoms with Gasteiger partial charge in [-0.3, -0.25) is 0 Å². The molecular formula is C18H21BrClFN2O. The van der Waals surface area contributed by atoms with Crippen molar-refractivity contribution in [3.8, 4) is 0 Å². The first-order chi connectivity index (χ1) is 11.5. The van der Waals surface area contributed by atoms with Crippen molar-refractivity contribution in [3.63, 3.8) is 0 Å². The van der Waals surface area contributed by atoms with E-state index >= 15 is 0 Å². The number of halogens is 3. The van der Waals surface area contributed by atoms with Crippen LogP contribution in [0.25, 0.3) is 5.57 Å². The molecule has 2 heterocycles. The smallest absolute Gasteiger partial charge is 0.213 e. The average Bonchev–Trinajstić information content (AvgIpc) is 2.60. The van der Waals surface area contributed by atoms with Crippen molar-refractivity contribution in [2.75, 3.05) is 19.8 Å². The van der Waals surface area contributed by atoms with E-state index in [0.29, 0.717) is 16.5 Å². The minimum atomic E-state index is -0.555. The van der Waals surface area contributed by atoms with E-state index in [1.807, 2.05) is 19.1 Å². The Bertz CT molecular complexity index is 654. The minimum absolute atomic E-state index is 0.413. The van der Waals surface area contributed by atoms with Gasteiger partial charge in [0.25, 0.3) is 0 Å². The highest BCUT2D eigenvalue weighted by Gasteiger charge is 2.13. The second kappa shape index (κ2) is 9.35. The van der Waals surface area contributed by atoms with E-state index in [-0.39, 0.29) is 0 Å². The lowest BCUT2D eigenvalue weighted by Gasteiger charge is -2.22.